The van der Waals surface area contributed by atoms with Crippen molar-refractivity contribution < 1.29 is 0 Å². The fourth-order valence-electron chi connectivity index (χ4n) is 2.06. The molecule has 0 amide bonds. The molecule has 2 aromatic rings. The monoisotopic (exact) mass is 276 g/mol. The van der Waals surface area contributed by atoms with Crippen LogP contribution in [0.2, 0.25) is 0 Å². The van der Waals surface area contributed by atoms with E-state index in [1.165, 1.54) is 12.8 Å². The summed E-state index contributed by atoms with van der Waals surface area (Å²) >= 11 is 1.64. The van der Waals surface area contributed by atoms with Gasteiger partial charge in [0.25, 0.3) is 0 Å². The number of nitrogens with one attached hydrogen (secondary N) is 2. The van der Waals surface area contributed by atoms with E-state index in [1.807, 2.05) is 23.9 Å². The van der Waals surface area contributed by atoms with Crippen LogP contribution in [0.25, 0.3) is 0 Å². The molecule has 0 unspecified atom stereocenters. The molecule has 0 saturated carbocycles. The maximum atomic E-state index is 4.50. The van der Waals surface area contributed by atoms with Crippen molar-refractivity contribution in [3.05, 3.63) is 16.8 Å². The van der Waals surface area contributed by atoms with E-state index in [0.29, 0.717) is 11.9 Å². The van der Waals surface area contributed by atoms with Gasteiger partial charge in [0, 0.05) is 25.5 Å². The van der Waals surface area contributed by atoms with Crippen LogP contribution in [-0.2, 0) is 0 Å². The SMILES string of the molecule is CNc1nc(Nc2ccsc2)nc(N2CCCC2)n1. The van der Waals surface area contributed by atoms with Gasteiger partial charge < -0.3 is 15.5 Å². The minimum atomic E-state index is 0.583. The van der Waals surface area contributed by atoms with Gasteiger partial charge in [0.2, 0.25) is 17.8 Å². The molecule has 0 radical (unpaired) electrons. The van der Waals surface area contributed by atoms with Gasteiger partial charge in [-0.05, 0) is 24.3 Å². The first kappa shape index (κ1) is 12.2. The maximum absolute atomic E-state index is 4.50. The van der Waals surface area contributed by atoms with Gasteiger partial charge in [-0.3, -0.25) is 0 Å². The fourth-order valence-corrected chi connectivity index (χ4v) is 2.64. The van der Waals surface area contributed by atoms with Gasteiger partial charge in [0.05, 0.1) is 5.69 Å². The number of aromatic nitrogens is 3. The Morgan fingerprint density at radius 1 is 1.16 bits per heavy atom. The minimum Gasteiger partial charge on any atom is -0.357 e. The third kappa shape index (κ3) is 2.76. The summed E-state index contributed by atoms with van der Waals surface area (Å²) in [6.07, 6.45) is 2.40. The molecular weight excluding hydrogens is 260 g/mol. The topological polar surface area (TPSA) is 66.0 Å². The van der Waals surface area contributed by atoms with E-state index in [9.17, 15) is 0 Å². The third-order valence-corrected chi connectivity index (χ3v) is 3.70. The van der Waals surface area contributed by atoms with Gasteiger partial charge in [0.15, 0.2) is 0 Å². The molecule has 2 aromatic heterocycles. The van der Waals surface area contributed by atoms with E-state index in [1.54, 1.807) is 11.3 Å². The zero-order chi connectivity index (χ0) is 13.1. The Morgan fingerprint density at radius 2 is 1.95 bits per heavy atom. The van der Waals surface area contributed by atoms with Crippen LogP contribution in [0.3, 0.4) is 0 Å². The van der Waals surface area contributed by atoms with Crippen LogP contribution in [0.4, 0.5) is 23.5 Å². The molecular formula is C12H16N6S. The van der Waals surface area contributed by atoms with E-state index in [2.05, 4.69) is 30.5 Å². The smallest absolute Gasteiger partial charge is 0.233 e. The van der Waals surface area contributed by atoms with Crippen molar-refractivity contribution in [3.63, 3.8) is 0 Å². The lowest BCUT2D eigenvalue weighted by atomic mass is 10.4. The average molecular weight is 276 g/mol. The molecule has 0 aliphatic carbocycles. The summed E-state index contributed by atoms with van der Waals surface area (Å²) in [7, 11) is 1.82. The Labute approximate surface area is 115 Å². The Morgan fingerprint density at radius 3 is 2.63 bits per heavy atom. The Bertz CT molecular complexity index is 535. The molecule has 2 N–H and O–H groups in total. The van der Waals surface area contributed by atoms with Crippen LogP contribution in [0.5, 0.6) is 0 Å². The van der Waals surface area contributed by atoms with Crippen LogP contribution < -0.4 is 15.5 Å². The van der Waals surface area contributed by atoms with E-state index >= 15 is 0 Å². The normalized spacial score (nSPS) is 14.7. The summed E-state index contributed by atoms with van der Waals surface area (Å²) in [5, 5.41) is 10.2. The number of rotatable bonds is 4. The predicted molar refractivity (Wildman–Crippen MR) is 78.4 cm³/mol. The summed E-state index contributed by atoms with van der Waals surface area (Å²) in [6, 6.07) is 2.00. The first-order chi connectivity index (χ1) is 9.35. The van der Waals surface area contributed by atoms with Crippen LogP contribution in [0, 0.1) is 0 Å². The lowest BCUT2D eigenvalue weighted by Crippen LogP contribution is -2.21. The maximum Gasteiger partial charge on any atom is 0.233 e. The van der Waals surface area contributed by atoms with Crippen molar-refractivity contribution >= 4 is 34.9 Å². The van der Waals surface area contributed by atoms with Crippen molar-refractivity contribution in [1.29, 1.82) is 0 Å². The van der Waals surface area contributed by atoms with E-state index in [-0.39, 0.29) is 0 Å². The molecule has 7 heteroatoms. The number of anilines is 4. The largest absolute Gasteiger partial charge is 0.357 e. The van der Waals surface area contributed by atoms with Crippen LogP contribution in [-0.4, -0.2) is 35.1 Å². The molecule has 3 rings (SSSR count). The molecule has 0 spiro atoms. The lowest BCUT2D eigenvalue weighted by Gasteiger charge is -2.16. The van der Waals surface area contributed by atoms with Crippen LogP contribution in [0.1, 0.15) is 12.8 Å². The van der Waals surface area contributed by atoms with Crippen LogP contribution >= 0.6 is 11.3 Å². The molecule has 0 atom stereocenters. The molecule has 0 aromatic carbocycles. The molecule has 100 valence electrons. The van der Waals surface area contributed by atoms with E-state index in [0.717, 1.165) is 24.7 Å². The second kappa shape index (κ2) is 5.40. The number of thiophene rings is 1. The summed E-state index contributed by atoms with van der Waals surface area (Å²) in [5.74, 6) is 1.92. The van der Waals surface area contributed by atoms with Crippen molar-refractivity contribution in [2.45, 2.75) is 12.8 Å². The highest BCUT2D eigenvalue weighted by Gasteiger charge is 2.17. The second-order valence-corrected chi connectivity index (χ2v) is 5.14. The average Bonchev–Trinajstić information content (AvgIpc) is 3.11. The zero-order valence-electron chi connectivity index (χ0n) is 10.8. The zero-order valence-corrected chi connectivity index (χ0v) is 11.6. The predicted octanol–water partition coefficient (Wildman–Crippen LogP) is 2.32. The van der Waals surface area contributed by atoms with Crippen molar-refractivity contribution in [1.82, 2.24) is 15.0 Å². The number of hydrogen-bond donors (Lipinski definition) is 2. The van der Waals surface area contributed by atoms with Gasteiger partial charge in [-0.25, -0.2) is 0 Å². The van der Waals surface area contributed by atoms with E-state index in [4.69, 9.17) is 0 Å². The molecule has 6 nitrogen and oxygen atoms in total. The highest BCUT2D eigenvalue weighted by molar-refractivity contribution is 7.08. The summed E-state index contributed by atoms with van der Waals surface area (Å²) in [5.41, 5.74) is 1.01. The lowest BCUT2D eigenvalue weighted by molar-refractivity contribution is 0.885. The van der Waals surface area contributed by atoms with E-state index < -0.39 is 0 Å². The fraction of sp³-hybridized carbons (Fsp3) is 0.417. The molecule has 1 aliphatic heterocycles. The number of nitrogens with zero attached hydrogens (tertiary/aromatic N) is 4. The standard InChI is InChI=1S/C12H16N6S/c1-13-10-15-11(14-9-4-7-19-8-9)17-12(16-10)18-5-2-3-6-18/h4,7-8H,2-3,5-6H2,1H3,(H2,13,14,15,16,17). The van der Waals surface area contributed by atoms with Gasteiger partial charge >= 0.3 is 0 Å². The minimum absolute atomic E-state index is 0.583. The quantitative estimate of drug-likeness (QED) is 0.893. The molecule has 1 fully saturated rings. The highest BCUT2D eigenvalue weighted by atomic mass is 32.1. The first-order valence-electron chi connectivity index (χ1n) is 6.33. The summed E-state index contributed by atoms with van der Waals surface area (Å²) in [6.45, 7) is 2.04. The third-order valence-electron chi connectivity index (χ3n) is 3.01. The first-order valence-corrected chi connectivity index (χ1v) is 7.27. The van der Waals surface area contributed by atoms with Crippen molar-refractivity contribution in [2.24, 2.45) is 0 Å². The Balaban J connectivity index is 1.88. The van der Waals surface area contributed by atoms with Crippen molar-refractivity contribution in [2.75, 3.05) is 35.7 Å². The molecule has 0 bridgehead atoms. The van der Waals surface area contributed by atoms with Gasteiger partial charge in [-0.1, -0.05) is 0 Å². The Hall–Kier alpha value is -1.89. The Kier molecular flexibility index (Phi) is 3.45. The number of hydrogen-bond acceptors (Lipinski definition) is 7. The summed E-state index contributed by atoms with van der Waals surface area (Å²) < 4.78 is 0. The van der Waals surface area contributed by atoms with Crippen LogP contribution in [0.15, 0.2) is 16.8 Å². The molecule has 1 aliphatic rings. The van der Waals surface area contributed by atoms with Crippen molar-refractivity contribution in [3.8, 4) is 0 Å². The van der Waals surface area contributed by atoms with Gasteiger partial charge in [-0.15, -0.1) is 0 Å². The van der Waals surface area contributed by atoms with Gasteiger partial charge in [-0.2, -0.15) is 26.3 Å². The molecule has 19 heavy (non-hydrogen) atoms. The molecule has 1 saturated heterocycles. The summed E-state index contributed by atoms with van der Waals surface area (Å²) in [4.78, 5) is 15.4. The second-order valence-electron chi connectivity index (χ2n) is 4.36. The van der Waals surface area contributed by atoms with Gasteiger partial charge in [0.1, 0.15) is 0 Å². The highest BCUT2D eigenvalue weighted by Crippen LogP contribution is 2.21. The molecule has 3 heterocycles.